The highest BCUT2D eigenvalue weighted by Crippen LogP contribution is 2.21. The first-order valence-electron chi connectivity index (χ1n) is 3.47. The van der Waals surface area contributed by atoms with Gasteiger partial charge in [0.2, 0.25) is 0 Å². The number of hydrogen-bond acceptors (Lipinski definition) is 2. The Morgan fingerprint density at radius 2 is 2.08 bits per heavy atom. The highest BCUT2D eigenvalue weighted by atomic mass is 127. The molecule has 0 amide bonds. The van der Waals surface area contributed by atoms with E-state index in [0.717, 1.165) is 9.99 Å². The van der Waals surface area contributed by atoms with Gasteiger partial charge in [0.25, 0.3) is 0 Å². The first-order chi connectivity index (χ1) is 5.77. The van der Waals surface area contributed by atoms with Crippen LogP contribution in [0.1, 0.15) is 0 Å². The highest BCUT2D eigenvalue weighted by molar-refractivity contribution is 14.1. The van der Waals surface area contributed by atoms with Gasteiger partial charge >= 0.3 is 0 Å². The second kappa shape index (κ2) is 4.34. The van der Waals surface area contributed by atoms with Crippen LogP contribution in [-0.4, -0.2) is 4.98 Å². The zero-order valence-electron chi connectivity index (χ0n) is 6.80. The van der Waals surface area contributed by atoms with Gasteiger partial charge in [-0.05, 0) is 50.7 Å². The van der Waals surface area contributed by atoms with Crippen molar-refractivity contribution in [3.63, 3.8) is 0 Å². The zero-order chi connectivity index (χ0) is 8.55. The molecule has 13 heavy (non-hydrogen) atoms. The van der Waals surface area contributed by atoms with E-state index in [1.165, 1.54) is 8.96 Å². The average molecular weight is 351 g/mol. The molecule has 0 fully saturated rings. The maximum atomic E-state index is 4.33. The lowest BCUT2D eigenvalue weighted by atomic mass is 10.2. The van der Waals surface area contributed by atoms with Crippen LogP contribution in [0.4, 0.5) is 0 Å². The van der Waals surface area contributed by atoms with Crippen LogP contribution in [-0.2, 0) is 0 Å². The largest absolute Gasteiger partial charge is 0.344 e. The summed E-state index contributed by atoms with van der Waals surface area (Å²) in [6.07, 6.45) is 1.82. The van der Waals surface area contributed by atoms with Gasteiger partial charge in [0, 0.05) is 19.6 Å². The van der Waals surface area contributed by atoms with Crippen LogP contribution in [0.5, 0.6) is 0 Å². The summed E-state index contributed by atoms with van der Waals surface area (Å²) in [4.78, 5) is 4.33. The van der Waals surface area contributed by atoms with Crippen molar-refractivity contribution in [2.75, 3.05) is 0 Å². The number of halogens is 2. The first-order valence-corrected chi connectivity index (χ1v) is 5.34. The van der Waals surface area contributed by atoms with Crippen molar-refractivity contribution >= 4 is 49.4 Å². The van der Waals surface area contributed by atoms with E-state index >= 15 is 0 Å². The van der Waals surface area contributed by atoms with Gasteiger partial charge in [-0.2, -0.15) is 0 Å². The molecule has 0 unspecified atom stereocenters. The minimum absolute atomic E-state index is 0. The van der Waals surface area contributed by atoms with Crippen molar-refractivity contribution in [1.29, 1.82) is 0 Å². The third-order valence-electron chi connectivity index (χ3n) is 1.63. The molecule has 0 saturated carbocycles. The van der Waals surface area contributed by atoms with Gasteiger partial charge in [-0.25, -0.2) is 0 Å². The van der Waals surface area contributed by atoms with E-state index in [1.54, 1.807) is 0 Å². The fourth-order valence-corrected chi connectivity index (χ4v) is 2.10. The third kappa shape index (κ3) is 2.18. The molecule has 3 N–H and O–H groups in total. The van der Waals surface area contributed by atoms with Gasteiger partial charge in [-0.3, -0.25) is 4.98 Å². The molecule has 0 bridgehead atoms. The molecule has 4 heteroatoms. The molecular weight excluding hydrogens is 343 g/mol. The first kappa shape index (κ1) is 10.9. The molecule has 2 nitrogen and oxygen atoms in total. The molecular formula is C9H8BrIN2. The van der Waals surface area contributed by atoms with E-state index < -0.39 is 0 Å². The average Bonchev–Trinajstić information content (AvgIpc) is 2.04. The van der Waals surface area contributed by atoms with Crippen LogP contribution in [0, 0.1) is 3.57 Å². The van der Waals surface area contributed by atoms with E-state index in [2.05, 4.69) is 61.7 Å². The van der Waals surface area contributed by atoms with Gasteiger partial charge in [0.05, 0.1) is 5.52 Å². The quantitative estimate of drug-likeness (QED) is 0.735. The minimum Gasteiger partial charge on any atom is -0.344 e. The van der Waals surface area contributed by atoms with Gasteiger partial charge < -0.3 is 6.15 Å². The molecule has 1 heterocycles. The predicted molar refractivity (Wildman–Crippen MR) is 67.2 cm³/mol. The Labute approximate surface area is 98.6 Å². The van der Waals surface area contributed by atoms with Crippen LogP contribution in [0.15, 0.2) is 34.9 Å². The summed E-state index contributed by atoms with van der Waals surface area (Å²) in [7, 11) is 0. The van der Waals surface area contributed by atoms with Crippen molar-refractivity contribution in [2.24, 2.45) is 0 Å². The van der Waals surface area contributed by atoms with E-state index in [1.807, 2.05) is 12.3 Å². The van der Waals surface area contributed by atoms with Crippen LogP contribution in [0.3, 0.4) is 0 Å². The molecule has 2 rings (SSSR count). The molecule has 0 atom stereocenters. The second-order valence-electron chi connectivity index (χ2n) is 2.47. The highest BCUT2D eigenvalue weighted by Gasteiger charge is 1.98. The fourth-order valence-electron chi connectivity index (χ4n) is 1.10. The summed E-state index contributed by atoms with van der Waals surface area (Å²) in [6.45, 7) is 0. The summed E-state index contributed by atoms with van der Waals surface area (Å²) in [5.41, 5.74) is 1.07. The van der Waals surface area contributed by atoms with E-state index in [4.69, 9.17) is 0 Å². The van der Waals surface area contributed by atoms with E-state index in [9.17, 15) is 0 Å². The number of benzene rings is 1. The van der Waals surface area contributed by atoms with Crippen LogP contribution < -0.4 is 6.15 Å². The van der Waals surface area contributed by atoms with Crippen molar-refractivity contribution in [3.8, 4) is 0 Å². The molecule has 1 aromatic heterocycles. The van der Waals surface area contributed by atoms with Gasteiger partial charge in [0.1, 0.15) is 0 Å². The third-order valence-corrected chi connectivity index (χ3v) is 2.93. The summed E-state index contributed by atoms with van der Waals surface area (Å²) in [5.74, 6) is 0. The number of nitrogens with zero attached hydrogens (tertiary/aromatic N) is 1. The zero-order valence-corrected chi connectivity index (χ0v) is 10.5. The minimum atomic E-state index is 0. The van der Waals surface area contributed by atoms with Gasteiger partial charge in [-0.1, -0.05) is 12.1 Å². The molecule has 0 aliphatic rings. The Morgan fingerprint density at radius 1 is 1.31 bits per heavy atom. The molecule has 68 valence electrons. The summed E-state index contributed by atoms with van der Waals surface area (Å²) < 4.78 is 2.22. The van der Waals surface area contributed by atoms with Crippen LogP contribution in [0.2, 0.25) is 0 Å². The number of hydrogen-bond donors (Lipinski definition) is 1. The smallest absolute Gasteiger partial charge is 0.0836 e. The Balaban J connectivity index is 0.000000845. The SMILES string of the molecule is Brc1cnc2c(I)cccc2c1.N. The van der Waals surface area contributed by atoms with Gasteiger partial charge in [0.15, 0.2) is 0 Å². The lowest BCUT2D eigenvalue weighted by molar-refractivity contribution is 1.38. The van der Waals surface area contributed by atoms with Crippen molar-refractivity contribution in [1.82, 2.24) is 11.1 Å². The Hall–Kier alpha value is -0.200. The van der Waals surface area contributed by atoms with Crippen molar-refractivity contribution in [3.05, 3.63) is 38.5 Å². The van der Waals surface area contributed by atoms with Crippen LogP contribution in [0.25, 0.3) is 10.9 Å². The normalized spacial score (nSPS) is 9.69. The summed E-state index contributed by atoms with van der Waals surface area (Å²) in [6, 6.07) is 8.24. The second-order valence-corrected chi connectivity index (χ2v) is 4.54. The molecule has 0 saturated heterocycles. The summed E-state index contributed by atoms with van der Waals surface area (Å²) >= 11 is 5.68. The van der Waals surface area contributed by atoms with Gasteiger partial charge in [-0.15, -0.1) is 0 Å². The molecule has 0 aliphatic heterocycles. The number of rotatable bonds is 0. The van der Waals surface area contributed by atoms with Crippen molar-refractivity contribution in [2.45, 2.75) is 0 Å². The number of para-hydroxylation sites is 1. The van der Waals surface area contributed by atoms with E-state index in [0.29, 0.717) is 0 Å². The Bertz CT molecular complexity index is 431. The van der Waals surface area contributed by atoms with Crippen LogP contribution >= 0.6 is 38.5 Å². The Morgan fingerprint density at radius 3 is 2.85 bits per heavy atom. The molecule has 0 aliphatic carbocycles. The summed E-state index contributed by atoms with van der Waals surface area (Å²) in [5, 5.41) is 1.18. The van der Waals surface area contributed by atoms with Crippen molar-refractivity contribution < 1.29 is 0 Å². The monoisotopic (exact) mass is 350 g/mol. The standard InChI is InChI=1S/C9H5BrIN.H3N/c10-7-4-6-2-1-3-8(11)9(6)12-5-7;/h1-5H;1H3. The lowest BCUT2D eigenvalue weighted by Crippen LogP contribution is -1.81. The Kier molecular flexibility index (Phi) is 3.63. The molecule has 0 spiro atoms. The topological polar surface area (TPSA) is 47.9 Å². The number of pyridine rings is 1. The molecule has 2 aromatic rings. The number of fused-ring (bicyclic) bond motifs is 1. The predicted octanol–water partition coefficient (Wildman–Crippen LogP) is 3.76. The maximum Gasteiger partial charge on any atom is 0.0836 e. The number of aromatic nitrogens is 1. The lowest BCUT2D eigenvalue weighted by Gasteiger charge is -1.98. The maximum absolute atomic E-state index is 4.33. The molecule has 1 aromatic carbocycles. The molecule has 0 radical (unpaired) electrons. The van der Waals surface area contributed by atoms with E-state index in [-0.39, 0.29) is 6.15 Å². The fraction of sp³-hybridized carbons (Fsp3) is 0.